The van der Waals surface area contributed by atoms with Crippen LogP contribution in [-0.4, -0.2) is 21.5 Å². The van der Waals surface area contributed by atoms with Crippen LogP contribution >= 0.6 is 0 Å². The second kappa shape index (κ2) is 5.78. The molecular weight excluding hydrogens is 224 g/mol. The van der Waals surface area contributed by atoms with E-state index in [9.17, 15) is 0 Å². The lowest BCUT2D eigenvalue weighted by atomic mass is 9.91. The van der Waals surface area contributed by atoms with Crippen LogP contribution in [-0.2, 0) is 7.05 Å². The van der Waals surface area contributed by atoms with Gasteiger partial charge in [-0.15, -0.1) is 5.10 Å². The maximum atomic E-state index is 4.02. The van der Waals surface area contributed by atoms with Crippen LogP contribution in [0.3, 0.4) is 0 Å². The number of likely N-dealkylation sites (N-methyl/N-ethyl adjacent to an activating group) is 1. The van der Waals surface area contributed by atoms with Gasteiger partial charge < -0.3 is 5.32 Å². The highest BCUT2D eigenvalue weighted by Crippen LogP contribution is 2.29. The molecule has 96 valence electrons. The lowest BCUT2D eigenvalue weighted by molar-refractivity contribution is 0.448. The fourth-order valence-electron chi connectivity index (χ4n) is 2.29. The van der Waals surface area contributed by atoms with Crippen LogP contribution in [0.25, 0.3) is 0 Å². The molecular formula is C14H20N4. The van der Waals surface area contributed by atoms with E-state index in [1.807, 2.05) is 24.0 Å². The number of nitrogens with one attached hydrogen (secondary N) is 1. The van der Waals surface area contributed by atoms with E-state index in [0.29, 0.717) is 5.92 Å². The number of aryl methyl sites for hydroxylation is 1. The third-order valence-electron chi connectivity index (χ3n) is 3.32. The van der Waals surface area contributed by atoms with Gasteiger partial charge in [-0.25, -0.2) is 0 Å². The molecule has 0 saturated carbocycles. The topological polar surface area (TPSA) is 42.7 Å². The molecule has 2 atom stereocenters. The monoisotopic (exact) mass is 244 g/mol. The van der Waals surface area contributed by atoms with Gasteiger partial charge in [0.2, 0.25) is 0 Å². The van der Waals surface area contributed by atoms with Crippen LogP contribution in [0.5, 0.6) is 0 Å². The predicted octanol–water partition coefficient (Wildman–Crippen LogP) is 2.27. The van der Waals surface area contributed by atoms with Crippen molar-refractivity contribution in [3.05, 3.63) is 47.8 Å². The van der Waals surface area contributed by atoms with Crippen LogP contribution in [0.1, 0.15) is 37.1 Å². The molecule has 0 bridgehead atoms. The summed E-state index contributed by atoms with van der Waals surface area (Å²) >= 11 is 0. The van der Waals surface area contributed by atoms with Crippen molar-refractivity contribution in [1.82, 2.24) is 20.3 Å². The summed E-state index contributed by atoms with van der Waals surface area (Å²) in [5.41, 5.74) is 2.44. The summed E-state index contributed by atoms with van der Waals surface area (Å²) in [7, 11) is 1.93. The SMILES string of the molecule is CCNC(c1cnnn1C)C(C)c1ccccc1. The fraction of sp³-hybridized carbons (Fsp3) is 0.429. The van der Waals surface area contributed by atoms with Crippen molar-refractivity contribution in [2.75, 3.05) is 6.54 Å². The van der Waals surface area contributed by atoms with Crippen LogP contribution < -0.4 is 5.32 Å². The summed E-state index contributed by atoms with van der Waals surface area (Å²) in [6.07, 6.45) is 1.84. The Balaban J connectivity index is 2.28. The van der Waals surface area contributed by atoms with Gasteiger partial charge in [0.15, 0.2) is 0 Å². The molecule has 2 aromatic rings. The minimum atomic E-state index is 0.234. The van der Waals surface area contributed by atoms with Crippen molar-refractivity contribution in [3.63, 3.8) is 0 Å². The molecule has 0 radical (unpaired) electrons. The van der Waals surface area contributed by atoms with Gasteiger partial charge in [0.05, 0.1) is 17.9 Å². The quantitative estimate of drug-likeness (QED) is 0.877. The predicted molar refractivity (Wildman–Crippen MR) is 72.3 cm³/mol. The van der Waals surface area contributed by atoms with Crippen LogP contribution in [0.15, 0.2) is 36.5 Å². The number of aromatic nitrogens is 3. The minimum Gasteiger partial charge on any atom is -0.308 e. The standard InChI is InChI=1S/C14H20N4/c1-4-15-14(13-10-16-17-18(13)3)11(2)12-8-6-5-7-9-12/h5-11,14-15H,4H2,1-3H3. The Morgan fingerprint density at radius 2 is 2.00 bits per heavy atom. The number of hydrogen-bond acceptors (Lipinski definition) is 3. The van der Waals surface area contributed by atoms with Crippen molar-refractivity contribution in [1.29, 1.82) is 0 Å². The lowest BCUT2D eigenvalue weighted by Crippen LogP contribution is -2.27. The molecule has 0 spiro atoms. The number of hydrogen-bond donors (Lipinski definition) is 1. The van der Waals surface area contributed by atoms with Crippen molar-refractivity contribution >= 4 is 0 Å². The van der Waals surface area contributed by atoms with Crippen molar-refractivity contribution in [3.8, 4) is 0 Å². The Labute approximate surface area is 108 Å². The Bertz CT molecular complexity index is 478. The molecule has 4 nitrogen and oxygen atoms in total. The zero-order chi connectivity index (χ0) is 13.0. The van der Waals surface area contributed by atoms with Crippen LogP contribution in [0.2, 0.25) is 0 Å². The Morgan fingerprint density at radius 1 is 1.28 bits per heavy atom. The molecule has 2 unspecified atom stereocenters. The van der Waals surface area contributed by atoms with E-state index in [2.05, 4.69) is 53.7 Å². The van der Waals surface area contributed by atoms with Gasteiger partial charge in [-0.3, -0.25) is 4.68 Å². The van der Waals surface area contributed by atoms with Crippen molar-refractivity contribution in [2.45, 2.75) is 25.8 Å². The molecule has 2 rings (SSSR count). The summed E-state index contributed by atoms with van der Waals surface area (Å²) in [5.74, 6) is 0.378. The van der Waals surface area contributed by atoms with E-state index in [-0.39, 0.29) is 6.04 Å². The number of rotatable bonds is 5. The molecule has 0 aliphatic carbocycles. The van der Waals surface area contributed by atoms with E-state index >= 15 is 0 Å². The Morgan fingerprint density at radius 3 is 2.56 bits per heavy atom. The van der Waals surface area contributed by atoms with Gasteiger partial charge >= 0.3 is 0 Å². The molecule has 0 fully saturated rings. The fourth-order valence-corrected chi connectivity index (χ4v) is 2.29. The van der Waals surface area contributed by atoms with Gasteiger partial charge in [0, 0.05) is 13.0 Å². The first-order valence-electron chi connectivity index (χ1n) is 6.37. The number of nitrogens with zero attached hydrogens (tertiary/aromatic N) is 3. The van der Waals surface area contributed by atoms with E-state index in [1.165, 1.54) is 5.56 Å². The maximum absolute atomic E-state index is 4.02. The van der Waals surface area contributed by atoms with E-state index < -0.39 is 0 Å². The van der Waals surface area contributed by atoms with Crippen LogP contribution in [0.4, 0.5) is 0 Å². The van der Waals surface area contributed by atoms with E-state index in [0.717, 1.165) is 12.2 Å². The minimum absolute atomic E-state index is 0.234. The number of benzene rings is 1. The zero-order valence-corrected chi connectivity index (χ0v) is 11.2. The molecule has 4 heteroatoms. The second-order valence-electron chi connectivity index (χ2n) is 4.52. The zero-order valence-electron chi connectivity index (χ0n) is 11.2. The first-order chi connectivity index (χ1) is 8.74. The van der Waals surface area contributed by atoms with Crippen LogP contribution in [0, 0.1) is 0 Å². The molecule has 0 aliphatic heterocycles. The molecule has 1 aromatic heterocycles. The first-order valence-corrected chi connectivity index (χ1v) is 6.37. The molecule has 0 amide bonds. The molecule has 0 aliphatic rings. The average Bonchev–Trinajstić information content (AvgIpc) is 2.82. The summed E-state index contributed by atoms with van der Waals surface area (Å²) < 4.78 is 1.84. The Kier molecular flexibility index (Phi) is 4.10. The second-order valence-corrected chi connectivity index (χ2v) is 4.52. The first kappa shape index (κ1) is 12.8. The highest BCUT2D eigenvalue weighted by atomic mass is 15.4. The maximum Gasteiger partial charge on any atom is 0.0759 e. The summed E-state index contributed by atoms with van der Waals surface area (Å²) in [6, 6.07) is 10.8. The highest BCUT2D eigenvalue weighted by Gasteiger charge is 2.22. The molecule has 18 heavy (non-hydrogen) atoms. The van der Waals surface area contributed by atoms with Gasteiger partial charge in [0.25, 0.3) is 0 Å². The highest BCUT2D eigenvalue weighted by molar-refractivity contribution is 5.23. The van der Waals surface area contributed by atoms with Crippen molar-refractivity contribution in [2.24, 2.45) is 7.05 Å². The molecule has 1 heterocycles. The lowest BCUT2D eigenvalue weighted by Gasteiger charge is -2.24. The van der Waals surface area contributed by atoms with Gasteiger partial charge in [0.1, 0.15) is 0 Å². The summed E-state index contributed by atoms with van der Waals surface area (Å²) in [5, 5.41) is 11.5. The average molecular weight is 244 g/mol. The van der Waals surface area contributed by atoms with E-state index in [1.54, 1.807) is 0 Å². The third-order valence-corrected chi connectivity index (χ3v) is 3.32. The molecule has 0 saturated heterocycles. The van der Waals surface area contributed by atoms with Gasteiger partial charge in [-0.2, -0.15) is 0 Å². The normalized spacial score (nSPS) is 14.4. The third kappa shape index (κ3) is 2.59. The largest absolute Gasteiger partial charge is 0.308 e. The van der Waals surface area contributed by atoms with E-state index in [4.69, 9.17) is 0 Å². The molecule has 1 aromatic carbocycles. The smallest absolute Gasteiger partial charge is 0.0759 e. The summed E-state index contributed by atoms with van der Waals surface area (Å²) in [6.45, 7) is 5.27. The van der Waals surface area contributed by atoms with Gasteiger partial charge in [-0.05, 0) is 12.1 Å². The summed E-state index contributed by atoms with van der Waals surface area (Å²) in [4.78, 5) is 0. The molecule has 1 N–H and O–H groups in total. The Hall–Kier alpha value is -1.68. The van der Waals surface area contributed by atoms with Gasteiger partial charge in [-0.1, -0.05) is 49.4 Å². The van der Waals surface area contributed by atoms with Crippen molar-refractivity contribution < 1.29 is 0 Å².